The van der Waals surface area contributed by atoms with Crippen LogP contribution >= 0.6 is 0 Å². The van der Waals surface area contributed by atoms with Crippen LogP contribution in [0.4, 0.5) is 5.69 Å². The summed E-state index contributed by atoms with van der Waals surface area (Å²) >= 11 is 0. The van der Waals surface area contributed by atoms with Crippen molar-refractivity contribution in [2.24, 2.45) is 0 Å². The molecule has 0 aliphatic rings. The van der Waals surface area contributed by atoms with E-state index in [1.54, 1.807) is 6.92 Å². The van der Waals surface area contributed by atoms with E-state index in [0.717, 1.165) is 11.1 Å². The van der Waals surface area contributed by atoms with Gasteiger partial charge in [0.05, 0.1) is 0 Å². The number of carbonyl (C=O) groups excluding carboxylic acids is 1. The first-order chi connectivity index (χ1) is 8.97. The van der Waals surface area contributed by atoms with Gasteiger partial charge in [-0.05, 0) is 32.4 Å². The molecular weight excluding hydrogens is 242 g/mol. The first-order valence-corrected chi connectivity index (χ1v) is 5.92. The van der Waals surface area contributed by atoms with Crippen molar-refractivity contribution in [1.82, 2.24) is 9.97 Å². The number of carbonyl (C=O) groups is 1. The average Bonchev–Trinajstić information content (AvgIpc) is 2.32. The van der Waals surface area contributed by atoms with Crippen molar-refractivity contribution in [2.45, 2.75) is 20.8 Å². The van der Waals surface area contributed by atoms with E-state index in [1.165, 1.54) is 6.20 Å². The number of rotatable bonds is 2. The summed E-state index contributed by atoms with van der Waals surface area (Å²) in [4.78, 5) is 30.1. The Morgan fingerprint density at radius 2 is 2.00 bits per heavy atom. The Bertz CT molecular complexity index is 689. The number of hydrogen-bond donors (Lipinski definition) is 2. The van der Waals surface area contributed by atoms with Gasteiger partial charge in [-0.15, -0.1) is 0 Å². The van der Waals surface area contributed by atoms with Crippen LogP contribution in [0.25, 0.3) is 0 Å². The third-order valence-corrected chi connectivity index (χ3v) is 2.80. The fourth-order valence-electron chi connectivity index (χ4n) is 1.79. The number of nitrogens with one attached hydrogen (secondary N) is 2. The number of aryl methyl sites for hydroxylation is 3. The predicted octanol–water partition coefficient (Wildman–Crippen LogP) is 1.95. The molecule has 0 bridgehead atoms. The summed E-state index contributed by atoms with van der Waals surface area (Å²) in [5.74, 6) is 0.0220. The second-order valence-electron chi connectivity index (χ2n) is 4.48. The SMILES string of the molecule is Cc1ccc(NC(=O)c2cnc(C)[nH]c2=O)c(C)c1. The van der Waals surface area contributed by atoms with Crippen LogP contribution in [0.2, 0.25) is 0 Å². The number of benzene rings is 1. The van der Waals surface area contributed by atoms with E-state index >= 15 is 0 Å². The van der Waals surface area contributed by atoms with Crippen LogP contribution < -0.4 is 10.9 Å². The molecule has 2 N–H and O–H groups in total. The second-order valence-corrected chi connectivity index (χ2v) is 4.48. The highest BCUT2D eigenvalue weighted by Gasteiger charge is 2.12. The molecule has 5 nitrogen and oxygen atoms in total. The molecule has 0 radical (unpaired) electrons. The lowest BCUT2D eigenvalue weighted by molar-refractivity contribution is 0.102. The van der Waals surface area contributed by atoms with E-state index in [2.05, 4.69) is 15.3 Å². The maximum absolute atomic E-state index is 12.0. The minimum atomic E-state index is -0.458. The molecule has 1 heterocycles. The molecule has 1 amide bonds. The molecular formula is C14H15N3O2. The van der Waals surface area contributed by atoms with E-state index in [4.69, 9.17) is 0 Å². The number of aromatic amines is 1. The van der Waals surface area contributed by atoms with Gasteiger partial charge in [-0.2, -0.15) is 0 Å². The van der Waals surface area contributed by atoms with Crippen molar-refractivity contribution in [3.63, 3.8) is 0 Å². The minimum Gasteiger partial charge on any atom is -0.322 e. The number of aromatic nitrogens is 2. The van der Waals surface area contributed by atoms with Crippen molar-refractivity contribution in [1.29, 1.82) is 0 Å². The summed E-state index contributed by atoms with van der Waals surface area (Å²) < 4.78 is 0. The Hall–Kier alpha value is -2.43. The fourth-order valence-corrected chi connectivity index (χ4v) is 1.79. The predicted molar refractivity (Wildman–Crippen MR) is 73.5 cm³/mol. The summed E-state index contributed by atoms with van der Waals surface area (Å²) in [7, 11) is 0. The average molecular weight is 257 g/mol. The highest BCUT2D eigenvalue weighted by Crippen LogP contribution is 2.16. The number of hydrogen-bond acceptors (Lipinski definition) is 3. The fraction of sp³-hybridized carbons (Fsp3) is 0.214. The van der Waals surface area contributed by atoms with Crippen molar-refractivity contribution in [3.05, 3.63) is 57.3 Å². The van der Waals surface area contributed by atoms with Crippen LogP contribution in [0.1, 0.15) is 27.3 Å². The molecule has 0 saturated heterocycles. The van der Waals surface area contributed by atoms with Crippen molar-refractivity contribution >= 4 is 11.6 Å². The minimum absolute atomic E-state index is 0.00516. The molecule has 2 aromatic rings. The Labute approximate surface area is 110 Å². The van der Waals surface area contributed by atoms with Gasteiger partial charge in [0.2, 0.25) is 0 Å². The van der Waals surface area contributed by atoms with Gasteiger partial charge in [-0.3, -0.25) is 9.59 Å². The highest BCUT2D eigenvalue weighted by atomic mass is 16.2. The lowest BCUT2D eigenvalue weighted by Crippen LogP contribution is -2.24. The molecule has 0 spiro atoms. The summed E-state index contributed by atoms with van der Waals surface area (Å²) in [6, 6.07) is 5.69. The second kappa shape index (κ2) is 5.06. The lowest BCUT2D eigenvalue weighted by Gasteiger charge is -2.08. The zero-order valence-corrected chi connectivity index (χ0v) is 11.1. The van der Waals surface area contributed by atoms with Gasteiger partial charge >= 0.3 is 0 Å². The van der Waals surface area contributed by atoms with Crippen molar-refractivity contribution < 1.29 is 4.79 Å². The van der Waals surface area contributed by atoms with E-state index in [9.17, 15) is 9.59 Å². The van der Waals surface area contributed by atoms with Gasteiger partial charge in [0.25, 0.3) is 11.5 Å². The maximum atomic E-state index is 12.0. The Morgan fingerprint density at radius 3 is 2.63 bits per heavy atom. The lowest BCUT2D eigenvalue weighted by atomic mass is 10.1. The molecule has 0 fully saturated rings. The molecule has 0 saturated carbocycles. The van der Waals surface area contributed by atoms with Gasteiger partial charge in [0.15, 0.2) is 0 Å². The Balaban J connectivity index is 2.28. The van der Waals surface area contributed by atoms with Gasteiger partial charge in [-0.25, -0.2) is 4.98 Å². The summed E-state index contributed by atoms with van der Waals surface area (Å²) in [5.41, 5.74) is 2.33. The van der Waals surface area contributed by atoms with Crippen LogP contribution in [0.15, 0.2) is 29.2 Å². The number of nitrogens with zero attached hydrogens (tertiary/aromatic N) is 1. The molecule has 19 heavy (non-hydrogen) atoms. The number of H-pyrrole nitrogens is 1. The smallest absolute Gasteiger partial charge is 0.263 e. The summed E-state index contributed by atoms with van der Waals surface area (Å²) in [5, 5.41) is 2.72. The van der Waals surface area contributed by atoms with Crippen LogP contribution in [0.5, 0.6) is 0 Å². The quantitative estimate of drug-likeness (QED) is 0.863. The van der Waals surface area contributed by atoms with E-state index in [0.29, 0.717) is 11.5 Å². The maximum Gasteiger partial charge on any atom is 0.263 e. The van der Waals surface area contributed by atoms with Crippen LogP contribution in [0, 0.1) is 20.8 Å². The molecule has 0 aliphatic heterocycles. The molecule has 0 aliphatic carbocycles. The summed E-state index contributed by atoms with van der Waals surface area (Å²) in [6.07, 6.45) is 1.28. The number of anilines is 1. The highest BCUT2D eigenvalue weighted by molar-refractivity contribution is 6.04. The molecule has 1 aromatic heterocycles. The largest absolute Gasteiger partial charge is 0.322 e. The van der Waals surface area contributed by atoms with Gasteiger partial charge in [-0.1, -0.05) is 17.7 Å². The first kappa shape index (κ1) is 13.0. The van der Waals surface area contributed by atoms with Gasteiger partial charge < -0.3 is 10.3 Å². The molecule has 0 atom stereocenters. The van der Waals surface area contributed by atoms with Crippen LogP contribution in [0.3, 0.4) is 0 Å². The molecule has 1 aromatic carbocycles. The standard InChI is InChI=1S/C14H15N3O2/c1-8-4-5-12(9(2)6-8)17-14(19)11-7-15-10(3)16-13(11)18/h4-7H,1-3H3,(H,17,19)(H,15,16,18). The monoisotopic (exact) mass is 257 g/mol. The molecule has 0 unspecified atom stereocenters. The van der Waals surface area contributed by atoms with Crippen LogP contribution in [-0.4, -0.2) is 15.9 Å². The molecule has 98 valence electrons. The van der Waals surface area contributed by atoms with Crippen molar-refractivity contribution in [3.8, 4) is 0 Å². The number of amides is 1. The topological polar surface area (TPSA) is 74.8 Å². The van der Waals surface area contributed by atoms with E-state index < -0.39 is 11.5 Å². The first-order valence-electron chi connectivity index (χ1n) is 5.92. The Morgan fingerprint density at radius 1 is 1.26 bits per heavy atom. The normalized spacial score (nSPS) is 10.3. The molecule has 2 rings (SSSR count). The Kier molecular flexibility index (Phi) is 3.46. The van der Waals surface area contributed by atoms with Crippen LogP contribution in [-0.2, 0) is 0 Å². The summed E-state index contributed by atoms with van der Waals surface area (Å²) in [6.45, 7) is 5.54. The molecule has 5 heteroatoms. The van der Waals surface area contributed by atoms with E-state index in [1.807, 2.05) is 32.0 Å². The van der Waals surface area contributed by atoms with E-state index in [-0.39, 0.29) is 5.56 Å². The van der Waals surface area contributed by atoms with Gasteiger partial charge in [0, 0.05) is 11.9 Å². The third-order valence-electron chi connectivity index (χ3n) is 2.80. The zero-order chi connectivity index (χ0) is 14.0. The zero-order valence-electron chi connectivity index (χ0n) is 11.1. The van der Waals surface area contributed by atoms with Gasteiger partial charge in [0.1, 0.15) is 11.4 Å². The third kappa shape index (κ3) is 2.88. The van der Waals surface area contributed by atoms with Crippen molar-refractivity contribution in [2.75, 3.05) is 5.32 Å².